The Labute approximate surface area is 162 Å². The van der Waals surface area contributed by atoms with Gasteiger partial charge in [0.25, 0.3) is 0 Å². The zero-order chi connectivity index (χ0) is 18.9. The van der Waals surface area contributed by atoms with Crippen LogP contribution in [-0.2, 0) is 14.8 Å². The third kappa shape index (κ3) is 4.02. The summed E-state index contributed by atoms with van der Waals surface area (Å²) in [6.07, 6.45) is 3.99. The molecular weight excluding hydrogens is 386 g/mol. The van der Waals surface area contributed by atoms with Crippen LogP contribution >= 0.6 is 11.8 Å². The lowest BCUT2D eigenvalue weighted by Crippen LogP contribution is -2.50. The standard InChI is InChI=1S/C17H21N5O3S2/c23-16(12-26-17-19-18-13-22(17)14-6-7-14)20-8-10-21(11-9-20)27(24,25)15-4-2-1-3-5-15/h1-5,13-14H,6-12H2. The van der Waals surface area contributed by atoms with Crippen molar-refractivity contribution in [3.63, 3.8) is 0 Å². The quantitative estimate of drug-likeness (QED) is 0.670. The highest BCUT2D eigenvalue weighted by Crippen LogP contribution is 2.37. The third-order valence-corrected chi connectivity index (χ3v) is 7.63. The zero-order valence-corrected chi connectivity index (χ0v) is 16.4. The van der Waals surface area contributed by atoms with E-state index in [0.717, 1.165) is 18.0 Å². The van der Waals surface area contributed by atoms with Gasteiger partial charge >= 0.3 is 0 Å². The van der Waals surface area contributed by atoms with Crippen molar-refractivity contribution in [2.75, 3.05) is 31.9 Å². The van der Waals surface area contributed by atoms with Crippen molar-refractivity contribution in [1.29, 1.82) is 0 Å². The molecule has 0 atom stereocenters. The summed E-state index contributed by atoms with van der Waals surface area (Å²) < 4.78 is 28.8. The van der Waals surface area contributed by atoms with Crippen LogP contribution in [-0.4, -0.2) is 70.2 Å². The van der Waals surface area contributed by atoms with Crippen LogP contribution in [0.15, 0.2) is 46.7 Å². The van der Waals surface area contributed by atoms with Gasteiger partial charge in [-0.1, -0.05) is 30.0 Å². The molecule has 2 heterocycles. The van der Waals surface area contributed by atoms with Gasteiger partial charge in [0.05, 0.1) is 10.6 Å². The average Bonchev–Trinajstić information content (AvgIpc) is 3.44. The second-order valence-electron chi connectivity index (χ2n) is 6.64. The van der Waals surface area contributed by atoms with Crippen molar-refractivity contribution >= 4 is 27.7 Å². The van der Waals surface area contributed by atoms with E-state index in [1.54, 1.807) is 41.6 Å². The normalized spacial score (nSPS) is 18.6. The molecular formula is C17H21N5O3S2. The lowest BCUT2D eigenvalue weighted by atomic mass is 10.3. The van der Waals surface area contributed by atoms with Gasteiger partial charge in [-0.15, -0.1) is 10.2 Å². The molecule has 0 bridgehead atoms. The lowest BCUT2D eigenvalue weighted by Gasteiger charge is -2.34. The molecule has 0 radical (unpaired) electrons. The van der Waals surface area contributed by atoms with E-state index >= 15 is 0 Å². The number of carbonyl (C=O) groups excluding carboxylic acids is 1. The Bertz CT molecular complexity index is 904. The van der Waals surface area contributed by atoms with E-state index in [1.165, 1.54) is 16.1 Å². The van der Waals surface area contributed by atoms with Crippen LogP contribution in [0, 0.1) is 0 Å². The maximum absolute atomic E-state index is 12.7. The number of amides is 1. The fourth-order valence-electron chi connectivity index (χ4n) is 3.08. The van der Waals surface area contributed by atoms with Crippen LogP contribution < -0.4 is 0 Å². The Morgan fingerprint density at radius 3 is 2.48 bits per heavy atom. The topological polar surface area (TPSA) is 88.4 Å². The summed E-state index contributed by atoms with van der Waals surface area (Å²) in [5, 5.41) is 8.80. The smallest absolute Gasteiger partial charge is 0.243 e. The summed E-state index contributed by atoms with van der Waals surface area (Å²) in [6, 6.07) is 8.88. The number of hydrogen-bond donors (Lipinski definition) is 0. The van der Waals surface area contributed by atoms with E-state index in [9.17, 15) is 13.2 Å². The molecule has 1 aliphatic heterocycles. The van der Waals surface area contributed by atoms with Crippen molar-refractivity contribution in [2.24, 2.45) is 0 Å². The summed E-state index contributed by atoms with van der Waals surface area (Å²) in [7, 11) is -3.50. The van der Waals surface area contributed by atoms with Gasteiger partial charge in [0.1, 0.15) is 6.33 Å². The van der Waals surface area contributed by atoms with Crippen LogP contribution in [0.4, 0.5) is 0 Å². The number of carbonyl (C=O) groups is 1. The highest BCUT2D eigenvalue weighted by Gasteiger charge is 2.30. The summed E-state index contributed by atoms with van der Waals surface area (Å²) >= 11 is 1.39. The molecule has 1 amide bonds. The van der Waals surface area contributed by atoms with Gasteiger partial charge in [0.15, 0.2) is 5.16 Å². The Hall–Kier alpha value is -1.91. The van der Waals surface area contributed by atoms with E-state index in [-0.39, 0.29) is 11.7 Å². The minimum atomic E-state index is -3.50. The van der Waals surface area contributed by atoms with Crippen LogP contribution in [0.25, 0.3) is 0 Å². The molecule has 144 valence electrons. The monoisotopic (exact) mass is 407 g/mol. The van der Waals surface area contributed by atoms with E-state index in [2.05, 4.69) is 10.2 Å². The molecule has 1 aliphatic carbocycles. The molecule has 0 unspecified atom stereocenters. The van der Waals surface area contributed by atoms with Crippen LogP contribution in [0.5, 0.6) is 0 Å². The second kappa shape index (κ2) is 7.61. The molecule has 0 N–H and O–H groups in total. The number of rotatable bonds is 6. The molecule has 2 aliphatic rings. The predicted molar refractivity (Wildman–Crippen MR) is 101 cm³/mol. The van der Waals surface area contributed by atoms with Crippen LogP contribution in [0.2, 0.25) is 0 Å². The maximum Gasteiger partial charge on any atom is 0.243 e. The molecule has 1 saturated heterocycles. The predicted octanol–water partition coefficient (Wildman–Crippen LogP) is 1.24. The van der Waals surface area contributed by atoms with Crippen molar-refractivity contribution in [1.82, 2.24) is 24.0 Å². The number of thioether (sulfide) groups is 1. The highest BCUT2D eigenvalue weighted by molar-refractivity contribution is 7.99. The first-order valence-electron chi connectivity index (χ1n) is 8.91. The molecule has 4 rings (SSSR count). The van der Waals surface area contributed by atoms with Crippen molar-refractivity contribution in [3.8, 4) is 0 Å². The average molecular weight is 408 g/mol. The van der Waals surface area contributed by atoms with Crippen LogP contribution in [0.3, 0.4) is 0 Å². The molecule has 1 aromatic heterocycles. The SMILES string of the molecule is O=C(CSc1nncn1C1CC1)N1CCN(S(=O)(=O)c2ccccc2)CC1. The fraction of sp³-hybridized carbons (Fsp3) is 0.471. The minimum Gasteiger partial charge on any atom is -0.339 e. The van der Waals surface area contributed by atoms with Gasteiger partial charge in [-0.2, -0.15) is 4.31 Å². The molecule has 10 heteroatoms. The fourth-order valence-corrected chi connectivity index (χ4v) is 5.40. The minimum absolute atomic E-state index is 0.00195. The van der Waals surface area contributed by atoms with E-state index < -0.39 is 10.0 Å². The summed E-state index contributed by atoms with van der Waals surface area (Å²) in [5.41, 5.74) is 0. The van der Waals surface area contributed by atoms with E-state index in [1.807, 2.05) is 4.57 Å². The first-order chi connectivity index (χ1) is 13.1. The summed E-state index contributed by atoms with van der Waals surface area (Å²) in [6.45, 7) is 1.43. The Kier molecular flexibility index (Phi) is 5.20. The van der Waals surface area contributed by atoms with Gasteiger partial charge in [-0.25, -0.2) is 8.42 Å². The second-order valence-corrected chi connectivity index (χ2v) is 9.52. The van der Waals surface area contributed by atoms with E-state index in [4.69, 9.17) is 0 Å². The number of hydrogen-bond acceptors (Lipinski definition) is 6. The molecule has 1 saturated carbocycles. The molecule has 2 aromatic rings. The molecule has 1 aromatic carbocycles. The van der Waals surface area contributed by atoms with Crippen LogP contribution in [0.1, 0.15) is 18.9 Å². The largest absolute Gasteiger partial charge is 0.339 e. The maximum atomic E-state index is 12.7. The molecule has 0 spiro atoms. The first kappa shape index (κ1) is 18.5. The van der Waals surface area contributed by atoms with Gasteiger partial charge in [-0.05, 0) is 25.0 Å². The Balaban J connectivity index is 1.31. The number of nitrogens with zero attached hydrogens (tertiary/aromatic N) is 5. The van der Waals surface area contributed by atoms with Gasteiger partial charge in [0, 0.05) is 32.2 Å². The number of sulfonamides is 1. The molecule has 8 nitrogen and oxygen atoms in total. The number of aromatic nitrogens is 3. The van der Waals surface area contributed by atoms with E-state index in [0.29, 0.717) is 37.1 Å². The Morgan fingerprint density at radius 2 is 1.81 bits per heavy atom. The number of piperazine rings is 1. The zero-order valence-electron chi connectivity index (χ0n) is 14.8. The van der Waals surface area contributed by atoms with Gasteiger partial charge in [-0.3, -0.25) is 4.79 Å². The summed E-state index contributed by atoms with van der Waals surface area (Å²) in [4.78, 5) is 14.5. The first-order valence-corrected chi connectivity index (χ1v) is 11.3. The summed E-state index contributed by atoms with van der Waals surface area (Å²) in [5.74, 6) is 0.290. The van der Waals surface area contributed by atoms with Crippen molar-refractivity contribution in [3.05, 3.63) is 36.7 Å². The third-order valence-electron chi connectivity index (χ3n) is 4.78. The van der Waals surface area contributed by atoms with Gasteiger partial charge < -0.3 is 9.47 Å². The highest BCUT2D eigenvalue weighted by atomic mass is 32.2. The lowest BCUT2D eigenvalue weighted by molar-refractivity contribution is -0.129. The molecule has 27 heavy (non-hydrogen) atoms. The molecule has 2 fully saturated rings. The Morgan fingerprint density at radius 1 is 1.11 bits per heavy atom. The van der Waals surface area contributed by atoms with Crippen molar-refractivity contribution in [2.45, 2.75) is 28.9 Å². The van der Waals surface area contributed by atoms with Gasteiger partial charge in [0.2, 0.25) is 15.9 Å². The van der Waals surface area contributed by atoms with Crippen molar-refractivity contribution < 1.29 is 13.2 Å². The number of benzene rings is 1.